The molecule has 1 rings (SSSR count). The van der Waals surface area contributed by atoms with E-state index in [0.29, 0.717) is 0 Å². The molecule has 0 N–H and O–H groups in total. The second-order valence-electron chi connectivity index (χ2n) is 6.38. The van der Waals surface area contributed by atoms with Gasteiger partial charge in [-0.3, -0.25) is 4.79 Å². The molecule has 1 aromatic carbocycles. The van der Waals surface area contributed by atoms with Crippen LogP contribution in [0.15, 0.2) is 41.4 Å². The molecule has 0 aliphatic heterocycles. The first kappa shape index (κ1) is 18.0. The van der Waals surface area contributed by atoms with Crippen LogP contribution in [-0.4, -0.2) is 13.1 Å². The van der Waals surface area contributed by atoms with Gasteiger partial charge in [-0.2, -0.15) is 0 Å². The zero-order valence-corrected chi connectivity index (χ0v) is 15.0. The molecule has 0 heterocycles. The minimum atomic E-state index is -0.615. The number of hydrogen-bond donors (Lipinski definition) is 0. The van der Waals surface area contributed by atoms with Gasteiger partial charge in [0.1, 0.15) is 0 Å². The molecule has 0 saturated heterocycles. The molecule has 116 valence electrons. The van der Waals surface area contributed by atoms with Crippen molar-refractivity contribution in [2.75, 3.05) is 7.11 Å². The van der Waals surface area contributed by atoms with E-state index >= 15 is 0 Å². The number of halogens is 1. The van der Waals surface area contributed by atoms with E-state index in [1.165, 1.54) is 7.11 Å². The summed E-state index contributed by atoms with van der Waals surface area (Å²) in [5, 5.41) is 0. The Labute approximate surface area is 136 Å². The smallest absolute Gasteiger partial charge is 0.315 e. The Morgan fingerprint density at radius 2 is 2.00 bits per heavy atom. The van der Waals surface area contributed by atoms with Gasteiger partial charge in [0.05, 0.1) is 12.5 Å². The van der Waals surface area contributed by atoms with Crippen LogP contribution in [0.5, 0.6) is 0 Å². The number of benzene rings is 1. The molecule has 0 saturated carbocycles. The van der Waals surface area contributed by atoms with Gasteiger partial charge in [0.25, 0.3) is 0 Å². The van der Waals surface area contributed by atoms with Crippen LogP contribution in [0.1, 0.15) is 45.6 Å². The summed E-state index contributed by atoms with van der Waals surface area (Å²) in [6.45, 7) is 10.2. The van der Waals surface area contributed by atoms with Crippen LogP contribution in [0.4, 0.5) is 0 Å². The van der Waals surface area contributed by atoms with Crippen LogP contribution in [0.3, 0.4) is 0 Å². The van der Waals surface area contributed by atoms with Crippen LogP contribution in [-0.2, 0) is 14.9 Å². The summed E-state index contributed by atoms with van der Waals surface area (Å²) < 4.78 is 6.02. The van der Waals surface area contributed by atoms with Crippen LogP contribution in [0.25, 0.3) is 0 Å². The first-order chi connectivity index (χ1) is 9.75. The molecule has 0 amide bonds. The molecular formula is C18H25BrO2. The van der Waals surface area contributed by atoms with Crippen LogP contribution < -0.4 is 0 Å². The Morgan fingerprint density at radius 3 is 2.52 bits per heavy atom. The van der Waals surface area contributed by atoms with E-state index in [2.05, 4.69) is 36.4 Å². The van der Waals surface area contributed by atoms with Crippen LogP contribution >= 0.6 is 15.9 Å². The zero-order chi connectivity index (χ0) is 16.1. The number of allylic oxidation sites excluding steroid dienone is 1. The fourth-order valence-electron chi connectivity index (χ4n) is 2.42. The van der Waals surface area contributed by atoms with Crippen molar-refractivity contribution in [3.05, 3.63) is 47.0 Å². The number of esters is 1. The topological polar surface area (TPSA) is 26.3 Å². The quantitative estimate of drug-likeness (QED) is 0.494. The molecule has 0 bridgehead atoms. The molecule has 1 unspecified atom stereocenters. The fourth-order valence-corrected chi connectivity index (χ4v) is 2.82. The van der Waals surface area contributed by atoms with Crippen LogP contribution in [0.2, 0.25) is 0 Å². The first-order valence-electron chi connectivity index (χ1n) is 7.23. The van der Waals surface area contributed by atoms with Gasteiger partial charge in [-0.15, -0.1) is 6.58 Å². The van der Waals surface area contributed by atoms with Gasteiger partial charge in [-0.25, -0.2) is 0 Å². The molecule has 2 nitrogen and oxygen atoms in total. The number of methoxy groups -OCH3 is 1. The molecule has 0 fully saturated rings. The van der Waals surface area contributed by atoms with Crippen LogP contribution in [0, 0.1) is 5.41 Å². The molecule has 1 aromatic rings. The summed E-state index contributed by atoms with van der Waals surface area (Å²) in [5.41, 5.74) is 0.463. The van der Waals surface area contributed by atoms with E-state index in [1.54, 1.807) is 0 Å². The summed E-state index contributed by atoms with van der Waals surface area (Å²) in [5.74, 6) is -0.183. The van der Waals surface area contributed by atoms with Gasteiger partial charge in [-0.05, 0) is 42.9 Å². The first-order valence-corrected chi connectivity index (χ1v) is 8.02. The average Bonchev–Trinajstić information content (AvgIpc) is 2.46. The normalized spacial score (nSPS) is 14.3. The Kier molecular flexibility index (Phi) is 6.21. The Hall–Kier alpha value is -1.09. The molecule has 0 aliphatic carbocycles. The van der Waals surface area contributed by atoms with Crippen molar-refractivity contribution in [2.24, 2.45) is 5.41 Å². The lowest BCUT2D eigenvalue weighted by Gasteiger charge is -2.29. The summed E-state index contributed by atoms with van der Waals surface area (Å²) in [6, 6.07) is 7.90. The van der Waals surface area contributed by atoms with Gasteiger partial charge in [0.15, 0.2) is 0 Å². The average molecular weight is 353 g/mol. The fraction of sp³-hybridized carbons (Fsp3) is 0.500. The SMILES string of the molecule is C=CC(C)(C)CCCC(C)(C(=O)OC)c1cccc(Br)c1. The summed E-state index contributed by atoms with van der Waals surface area (Å²) >= 11 is 3.47. The maximum Gasteiger partial charge on any atom is 0.315 e. The van der Waals surface area contributed by atoms with Crippen molar-refractivity contribution in [3.8, 4) is 0 Å². The highest BCUT2D eigenvalue weighted by molar-refractivity contribution is 9.10. The monoisotopic (exact) mass is 352 g/mol. The maximum absolute atomic E-state index is 12.3. The van der Waals surface area contributed by atoms with Crippen molar-refractivity contribution in [2.45, 2.75) is 45.4 Å². The highest BCUT2D eigenvalue weighted by atomic mass is 79.9. The minimum Gasteiger partial charge on any atom is -0.468 e. The summed E-state index contributed by atoms with van der Waals surface area (Å²) in [4.78, 5) is 12.3. The number of carbonyl (C=O) groups is 1. The maximum atomic E-state index is 12.3. The second-order valence-corrected chi connectivity index (χ2v) is 7.30. The van der Waals surface area contributed by atoms with Crippen molar-refractivity contribution in [3.63, 3.8) is 0 Å². The number of rotatable bonds is 7. The van der Waals surface area contributed by atoms with Gasteiger partial charge < -0.3 is 4.74 Å². The van der Waals surface area contributed by atoms with Crippen molar-refractivity contribution < 1.29 is 9.53 Å². The third-order valence-electron chi connectivity index (χ3n) is 4.15. The third kappa shape index (κ3) is 4.70. The predicted octanol–water partition coefficient (Wildman–Crippen LogP) is 5.26. The highest BCUT2D eigenvalue weighted by Crippen LogP contribution is 2.35. The zero-order valence-electron chi connectivity index (χ0n) is 13.4. The molecule has 1 atom stereocenters. The lowest BCUT2D eigenvalue weighted by atomic mass is 9.76. The largest absolute Gasteiger partial charge is 0.468 e. The molecular weight excluding hydrogens is 328 g/mol. The highest BCUT2D eigenvalue weighted by Gasteiger charge is 2.36. The van der Waals surface area contributed by atoms with Crippen molar-refractivity contribution >= 4 is 21.9 Å². The molecule has 0 aromatic heterocycles. The van der Waals surface area contributed by atoms with E-state index in [-0.39, 0.29) is 11.4 Å². The molecule has 3 heteroatoms. The second kappa shape index (κ2) is 7.26. The van der Waals surface area contributed by atoms with Crippen molar-refractivity contribution in [1.29, 1.82) is 0 Å². The summed E-state index contributed by atoms with van der Waals surface area (Å²) in [7, 11) is 1.45. The van der Waals surface area contributed by atoms with E-state index in [0.717, 1.165) is 29.3 Å². The minimum absolute atomic E-state index is 0.0916. The van der Waals surface area contributed by atoms with Gasteiger partial charge >= 0.3 is 5.97 Å². The van der Waals surface area contributed by atoms with E-state index in [4.69, 9.17) is 4.74 Å². The third-order valence-corrected chi connectivity index (χ3v) is 4.64. The molecule has 21 heavy (non-hydrogen) atoms. The van der Waals surface area contributed by atoms with Crippen molar-refractivity contribution in [1.82, 2.24) is 0 Å². The number of ether oxygens (including phenoxy) is 1. The number of hydrogen-bond acceptors (Lipinski definition) is 2. The lowest BCUT2D eigenvalue weighted by Crippen LogP contribution is -2.34. The van der Waals surface area contributed by atoms with Gasteiger partial charge in [0.2, 0.25) is 0 Å². The van der Waals surface area contributed by atoms with E-state index < -0.39 is 5.41 Å². The molecule has 0 spiro atoms. The predicted molar refractivity (Wildman–Crippen MR) is 91.3 cm³/mol. The Bertz CT molecular complexity index is 508. The lowest BCUT2D eigenvalue weighted by molar-refractivity contribution is -0.147. The molecule has 0 radical (unpaired) electrons. The van der Waals surface area contributed by atoms with Gasteiger partial charge in [-0.1, -0.05) is 54.4 Å². The Balaban J connectivity index is 2.95. The van der Waals surface area contributed by atoms with E-state index in [1.807, 2.05) is 37.3 Å². The summed E-state index contributed by atoms with van der Waals surface area (Å²) in [6.07, 6.45) is 4.67. The standard InChI is InChI=1S/C18H25BrO2/c1-6-17(2,3)11-8-12-18(4,16(20)21-5)14-9-7-10-15(19)13-14/h6-7,9-10,13H,1,8,11-12H2,2-5H3. The Morgan fingerprint density at radius 1 is 1.33 bits per heavy atom. The molecule has 0 aliphatic rings. The van der Waals surface area contributed by atoms with E-state index in [9.17, 15) is 4.79 Å². The van der Waals surface area contributed by atoms with Gasteiger partial charge in [0, 0.05) is 4.47 Å². The number of carbonyl (C=O) groups excluding carboxylic acids is 1.